The van der Waals surface area contributed by atoms with Crippen LogP contribution in [0.2, 0.25) is 0 Å². The molecule has 2 aromatic carbocycles. The summed E-state index contributed by atoms with van der Waals surface area (Å²) in [7, 11) is 3.44. The van der Waals surface area contributed by atoms with Crippen LogP contribution in [0.1, 0.15) is 29.0 Å². The molecule has 138 valence electrons. The van der Waals surface area contributed by atoms with Gasteiger partial charge in [-0.05, 0) is 11.6 Å². The SMILES string of the molecule is COc1cccc(C2CC(=O)Nc3c2cnn3C)c1OCc1ccccc1. The van der Waals surface area contributed by atoms with Crippen molar-refractivity contribution in [2.75, 3.05) is 12.4 Å². The van der Waals surface area contributed by atoms with Crippen LogP contribution in [-0.2, 0) is 18.4 Å². The summed E-state index contributed by atoms with van der Waals surface area (Å²) in [6, 6.07) is 15.8. The molecule has 0 radical (unpaired) electrons. The van der Waals surface area contributed by atoms with Crippen LogP contribution in [0.25, 0.3) is 0 Å². The lowest BCUT2D eigenvalue weighted by molar-refractivity contribution is -0.116. The highest BCUT2D eigenvalue weighted by Gasteiger charge is 2.32. The van der Waals surface area contributed by atoms with Gasteiger partial charge in [0.2, 0.25) is 5.91 Å². The second-order valence-corrected chi connectivity index (χ2v) is 6.53. The molecule has 1 unspecified atom stereocenters. The number of nitrogens with zero attached hydrogens (tertiary/aromatic N) is 2. The first kappa shape index (κ1) is 17.1. The van der Waals surface area contributed by atoms with E-state index in [9.17, 15) is 4.79 Å². The number of fused-ring (bicyclic) bond motifs is 1. The number of hydrogen-bond donors (Lipinski definition) is 1. The molecule has 1 aromatic heterocycles. The van der Waals surface area contributed by atoms with Gasteiger partial charge in [-0.2, -0.15) is 5.10 Å². The summed E-state index contributed by atoms with van der Waals surface area (Å²) in [5.74, 6) is 1.88. The molecule has 1 amide bonds. The van der Waals surface area contributed by atoms with Gasteiger partial charge in [-0.15, -0.1) is 0 Å². The highest BCUT2D eigenvalue weighted by atomic mass is 16.5. The lowest BCUT2D eigenvalue weighted by Gasteiger charge is -2.25. The van der Waals surface area contributed by atoms with Crippen LogP contribution >= 0.6 is 0 Å². The van der Waals surface area contributed by atoms with Gasteiger partial charge in [0, 0.05) is 30.5 Å². The molecular formula is C21H21N3O3. The normalized spacial score (nSPS) is 15.8. The molecule has 0 saturated carbocycles. The van der Waals surface area contributed by atoms with E-state index >= 15 is 0 Å². The molecule has 0 bridgehead atoms. The van der Waals surface area contributed by atoms with Gasteiger partial charge in [-0.3, -0.25) is 9.48 Å². The fourth-order valence-electron chi connectivity index (χ4n) is 3.47. The third-order valence-electron chi connectivity index (χ3n) is 4.82. The minimum absolute atomic E-state index is 0.0343. The second kappa shape index (κ2) is 7.15. The van der Waals surface area contributed by atoms with Crippen LogP contribution in [-0.4, -0.2) is 22.8 Å². The van der Waals surface area contributed by atoms with E-state index in [0.29, 0.717) is 24.5 Å². The van der Waals surface area contributed by atoms with Crippen molar-refractivity contribution in [3.8, 4) is 11.5 Å². The molecule has 2 heterocycles. The van der Waals surface area contributed by atoms with E-state index in [1.165, 1.54) is 0 Å². The van der Waals surface area contributed by atoms with Gasteiger partial charge in [-0.1, -0.05) is 42.5 Å². The number of ether oxygens (including phenoxy) is 2. The first-order valence-electron chi connectivity index (χ1n) is 8.82. The number of aryl methyl sites for hydroxylation is 1. The van der Waals surface area contributed by atoms with Gasteiger partial charge < -0.3 is 14.8 Å². The van der Waals surface area contributed by atoms with Crippen molar-refractivity contribution in [2.24, 2.45) is 7.05 Å². The van der Waals surface area contributed by atoms with Crippen molar-refractivity contribution in [1.82, 2.24) is 9.78 Å². The van der Waals surface area contributed by atoms with Crippen molar-refractivity contribution in [3.05, 3.63) is 71.4 Å². The molecule has 0 fully saturated rings. The number of carbonyl (C=O) groups is 1. The number of benzene rings is 2. The Morgan fingerprint density at radius 1 is 1.15 bits per heavy atom. The Bertz CT molecular complexity index is 966. The van der Waals surface area contributed by atoms with E-state index in [0.717, 1.165) is 22.5 Å². The molecule has 27 heavy (non-hydrogen) atoms. The van der Waals surface area contributed by atoms with Crippen molar-refractivity contribution in [1.29, 1.82) is 0 Å². The van der Waals surface area contributed by atoms with Crippen molar-refractivity contribution in [3.63, 3.8) is 0 Å². The lowest BCUT2D eigenvalue weighted by atomic mass is 9.86. The standard InChI is InChI=1S/C21H21N3O3/c1-24-21-17(12-22-24)16(11-19(25)23-21)15-9-6-10-18(26-2)20(15)27-13-14-7-4-3-5-8-14/h3-10,12,16H,11,13H2,1-2H3,(H,23,25). The van der Waals surface area contributed by atoms with Gasteiger partial charge in [0.1, 0.15) is 12.4 Å². The van der Waals surface area contributed by atoms with Crippen molar-refractivity contribution in [2.45, 2.75) is 18.9 Å². The predicted molar refractivity (Wildman–Crippen MR) is 102 cm³/mol. The molecule has 1 atom stereocenters. The summed E-state index contributed by atoms with van der Waals surface area (Å²) in [6.07, 6.45) is 2.15. The van der Waals surface area contributed by atoms with Gasteiger partial charge in [0.15, 0.2) is 11.5 Å². The average molecular weight is 363 g/mol. The number of methoxy groups -OCH3 is 1. The Morgan fingerprint density at radius 3 is 2.74 bits per heavy atom. The molecule has 0 spiro atoms. The van der Waals surface area contributed by atoms with Gasteiger partial charge in [0.05, 0.1) is 13.3 Å². The smallest absolute Gasteiger partial charge is 0.226 e. The Labute approximate surface area is 157 Å². The van der Waals surface area contributed by atoms with Gasteiger partial charge >= 0.3 is 0 Å². The fourth-order valence-corrected chi connectivity index (χ4v) is 3.47. The molecule has 0 aliphatic carbocycles. The number of amides is 1. The quantitative estimate of drug-likeness (QED) is 0.754. The van der Waals surface area contributed by atoms with E-state index in [2.05, 4.69) is 10.4 Å². The predicted octanol–water partition coefficient (Wildman–Crippen LogP) is 3.48. The molecule has 0 saturated heterocycles. The first-order chi connectivity index (χ1) is 13.2. The number of para-hydroxylation sites is 1. The Morgan fingerprint density at radius 2 is 1.96 bits per heavy atom. The minimum Gasteiger partial charge on any atom is -0.493 e. The third kappa shape index (κ3) is 3.26. The number of rotatable bonds is 5. The minimum atomic E-state index is -0.136. The maximum absolute atomic E-state index is 12.3. The average Bonchev–Trinajstić information content (AvgIpc) is 3.07. The summed E-state index contributed by atoms with van der Waals surface area (Å²) in [6.45, 7) is 0.424. The number of hydrogen-bond acceptors (Lipinski definition) is 4. The van der Waals surface area contributed by atoms with Crippen LogP contribution < -0.4 is 14.8 Å². The van der Waals surface area contributed by atoms with Gasteiger partial charge in [0.25, 0.3) is 0 Å². The summed E-state index contributed by atoms with van der Waals surface area (Å²) in [5.41, 5.74) is 2.97. The summed E-state index contributed by atoms with van der Waals surface area (Å²) < 4.78 is 13.4. The van der Waals surface area contributed by atoms with Crippen molar-refractivity contribution < 1.29 is 14.3 Å². The Balaban J connectivity index is 1.74. The Hall–Kier alpha value is -3.28. The molecule has 1 aliphatic rings. The zero-order valence-electron chi connectivity index (χ0n) is 15.3. The third-order valence-corrected chi connectivity index (χ3v) is 4.82. The molecule has 1 aliphatic heterocycles. The molecule has 1 N–H and O–H groups in total. The highest BCUT2D eigenvalue weighted by Crippen LogP contribution is 2.44. The maximum Gasteiger partial charge on any atom is 0.226 e. The highest BCUT2D eigenvalue weighted by molar-refractivity contribution is 5.94. The van der Waals surface area contributed by atoms with E-state index < -0.39 is 0 Å². The van der Waals surface area contributed by atoms with E-state index in [-0.39, 0.29) is 11.8 Å². The second-order valence-electron chi connectivity index (χ2n) is 6.53. The van der Waals surface area contributed by atoms with Crippen LogP contribution in [0.3, 0.4) is 0 Å². The van der Waals surface area contributed by atoms with E-state index in [1.54, 1.807) is 18.0 Å². The Kier molecular flexibility index (Phi) is 4.54. The molecule has 6 nitrogen and oxygen atoms in total. The topological polar surface area (TPSA) is 65.4 Å². The lowest BCUT2D eigenvalue weighted by Crippen LogP contribution is -2.24. The van der Waals surface area contributed by atoms with Crippen molar-refractivity contribution >= 4 is 11.7 Å². The van der Waals surface area contributed by atoms with Crippen LogP contribution in [0.5, 0.6) is 11.5 Å². The molecular weight excluding hydrogens is 342 g/mol. The molecule has 6 heteroatoms. The monoisotopic (exact) mass is 363 g/mol. The number of nitrogens with one attached hydrogen (secondary N) is 1. The fraction of sp³-hybridized carbons (Fsp3) is 0.238. The molecule has 4 rings (SSSR count). The number of anilines is 1. The van der Waals surface area contributed by atoms with E-state index in [4.69, 9.17) is 9.47 Å². The van der Waals surface area contributed by atoms with Crippen LogP contribution in [0.15, 0.2) is 54.7 Å². The first-order valence-corrected chi connectivity index (χ1v) is 8.82. The number of aromatic nitrogens is 2. The van der Waals surface area contributed by atoms with E-state index in [1.807, 2.05) is 55.6 Å². The summed E-state index contributed by atoms with van der Waals surface area (Å²) >= 11 is 0. The van der Waals surface area contributed by atoms with Crippen LogP contribution in [0, 0.1) is 0 Å². The largest absolute Gasteiger partial charge is 0.493 e. The van der Waals surface area contributed by atoms with Crippen LogP contribution in [0.4, 0.5) is 5.82 Å². The number of carbonyl (C=O) groups excluding carboxylic acids is 1. The zero-order chi connectivity index (χ0) is 18.8. The molecule has 3 aromatic rings. The van der Waals surface area contributed by atoms with Gasteiger partial charge in [-0.25, -0.2) is 0 Å². The summed E-state index contributed by atoms with van der Waals surface area (Å²) in [5, 5.41) is 7.21. The zero-order valence-corrected chi connectivity index (χ0v) is 15.3. The maximum atomic E-state index is 12.3. The summed E-state index contributed by atoms with van der Waals surface area (Å²) in [4.78, 5) is 12.3.